The van der Waals surface area contributed by atoms with Crippen LogP contribution < -0.4 is 10.1 Å². The van der Waals surface area contributed by atoms with E-state index < -0.39 is 6.10 Å². The largest absolute Gasteiger partial charge is 0.481 e. The molecule has 0 saturated heterocycles. The molecule has 150 valence electrons. The monoisotopic (exact) mass is 401 g/mol. The molecule has 0 saturated carbocycles. The molecule has 5 nitrogen and oxygen atoms in total. The van der Waals surface area contributed by atoms with Crippen LogP contribution in [0.3, 0.4) is 0 Å². The van der Waals surface area contributed by atoms with Crippen molar-refractivity contribution in [3.63, 3.8) is 0 Å². The summed E-state index contributed by atoms with van der Waals surface area (Å²) in [5, 5.41) is 2.79. The highest BCUT2D eigenvalue weighted by Gasteiger charge is 2.14. The first kappa shape index (κ1) is 19.5. The second kappa shape index (κ2) is 8.69. The second-order valence-corrected chi connectivity index (χ2v) is 6.87. The smallest absolute Gasteiger partial charge is 0.261 e. The Hall–Kier alpha value is -3.80. The zero-order valence-electron chi connectivity index (χ0n) is 16.4. The van der Waals surface area contributed by atoms with Gasteiger partial charge < -0.3 is 10.1 Å². The lowest BCUT2D eigenvalue weighted by molar-refractivity contribution is -0.127. The van der Waals surface area contributed by atoms with Crippen molar-refractivity contribution in [3.8, 4) is 17.0 Å². The van der Waals surface area contributed by atoms with E-state index in [1.54, 1.807) is 37.4 Å². The fraction of sp³-hybridized carbons (Fsp3) is 0.125. The summed E-state index contributed by atoms with van der Waals surface area (Å²) >= 11 is 0. The van der Waals surface area contributed by atoms with E-state index in [4.69, 9.17) is 4.74 Å². The van der Waals surface area contributed by atoms with Crippen LogP contribution in [0, 0.1) is 5.82 Å². The number of para-hydroxylation sites is 2. The van der Waals surface area contributed by atoms with Crippen molar-refractivity contribution < 1.29 is 13.9 Å². The number of hydrogen-bond acceptors (Lipinski definition) is 4. The van der Waals surface area contributed by atoms with Gasteiger partial charge in [-0.3, -0.25) is 9.78 Å². The van der Waals surface area contributed by atoms with Gasteiger partial charge in [-0.15, -0.1) is 0 Å². The topological polar surface area (TPSA) is 64.1 Å². The summed E-state index contributed by atoms with van der Waals surface area (Å²) in [7, 11) is 0. The maximum Gasteiger partial charge on any atom is 0.261 e. The van der Waals surface area contributed by atoms with Gasteiger partial charge in [-0.1, -0.05) is 24.3 Å². The van der Waals surface area contributed by atoms with Crippen LogP contribution in [-0.4, -0.2) is 22.0 Å². The van der Waals surface area contributed by atoms with Gasteiger partial charge >= 0.3 is 0 Å². The van der Waals surface area contributed by atoms with Gasteiger partial charge in [-0.05, 0) is 61.0 Å². The van der Waals surface area contributed by atoms with Crippen LogP contribution in [0.15, 0.2) is 79.0 Å². The van der Waals surface area contributed by atoms with Gasteiger partial charge in [-0.2, -0.15) is 0 Å². The minimum atomic E-state index is -0.670. The number of fused-ring (bicyclic) bond motifs is 1. The van der Waals surface area contributed by atoms with Crippen LogP contribution in [0.5, 0.6) is 5.75 Å². The lowest BCUT2D eigenvalue weighted by atomic mass is 10.1. The molecule has 1 amide bonds. The van der Waals surface area contributed by atoms with Crippen molar-refractivity contribution in [2.45, 2.75) is 19.6 Å². The van der Waals surface area contributed by atoms with Gasteiger partial charge in [0.05, 0.1) is 22.9 Å². The number of nitrogens with zero attached hydrogens (tertiary/aromatic N) is 2. The third kappa shape index (κ3) is 4.60. The lowest BCUT2D eigenvalue weighted by Crippen LogP contribution is -2.35. The first-order valence-corrected chi connectivity index (χ1v) is 9.59. The van der Waals surface area contributed by atoms with Gasteiger partial charge in [0.25, 0.3) is 5.91 Å². The summed E-state index contributed by atoms with van der Waals surface area (Å²) in [6.07, 6.45) is 1.07. The van der Waals surface area contributed by atoms with Gasteiger partial charge in [0.2, 0.25) is 0 Å². The Morgan fingerprint density at radius 3 is 2.43 bits per heavy atom. The molecule has 0 aliphatic rings. The minimum Gasteiger partial charge on any atom is -0.481 e. The maximum atomic E-state index is 12.9. The molecule has 1 aromatic heterocycles. The molecule has 4 aromatic rings. The van der Waals surface area contributed by atoms with E-state index in [2.05, 4.69) is 15.3 Å². The van der Waals surface area contributed by atoms with Gasteiger partial charge in [0.15, 0.2) is 6.10 Å². The number of carbonyl (C=O) groups is 1. The zero-order chi connectivity index (χ0) is 20.9. The first-order chi connectivity index (χ1) is 14.6. The standard InChI is InChI=1S/C24H20FN3O2/c1-16(24(29)27-14-17-6-10-19(25)11-7-17)30-20-12-8-18(9-13-20)23-15-26-21-4-2-3-5-22(21)28-23/h2-13,15-16H,14H2,1H3,(H,27,29). The second-order valence-electron chi connectivity index (χ2n) is 6.87. The molecule has 0 spiro atoms. The quantitative estimate of drug-likeness (QED) is 0.516. The average Bonchev–Trinajstić information content (AvgIpc) is 2.78. The van der Waals surface area contributed by atoms with Crippen LogP contribution in [0.1, 0.15) is 12.5 Å². The van der Waals surface area contributed by atoms with Gasteiger partial charge in [0.1, 0.15) is 11.6 Å². The van der Waals surface area contributed by atoms with Crippen LogP contribution in [-0.2, 0) is 11.3 Å². The summed E-state index contributed by atoms with van der Waals surface area (Å²) < 4.78 is 18.7. The zero-order valence-corrected chi connectivity index (χ0v) is 16.4. The molecule has 4 rings (SSSR count). The van der Waals surface area contributed by atoms with E-state index in [1.165, 1.54) is 12.1 Å². The van der Waals surface area contributed by atoms with Gasteiger partial charge in [0, 0.05) is 12.1 Å². The molecule has 1 atom stereocenters. The Labute approximate surface area is 173 Å². The van der Waals surface area contributed by atoms with Crippen molar-refractivity contribution in [2.75, 3.05) is 0 Å². The van der Waals surface area contributed by atoms with E-state index in [0.29, 0.717) is 12.3 Å². The van der Waals surface area contributed by atoms with Crippen LogP contribution in [0.2, 0.25) is 0 Å². The molecule has 1 unspecified atom stereocenters. The summed E-state index contributed by atoms with van der Waals surface area (Å²) in [4.78, 5) is 21.3. The molecule has 0 aliphatic carbocycles. The van der Waals surface area contributed by atoms with Crippen LogP contribution >= 0.6 is 0 Å². The van der Waals surface area contributed by atoms with E-state index in [-0.39, 0.29) is 11.7 Å². The number of carbonyl (C=O) groups excluding carboxylic acids is 1. The van der Waals surface area contributed by atoms with Crippen molar-refractivity contribution in [1.82, 2.24) is 15.3 Å². The molecule has 0 radical (unpaired) electrons. The number of rotatable bonds is 6. The number of ether oxygens (including phenoxy) is 1. The number of hydrogen-bond donors (Lipinski definition) is 1. The van der Waals surface area contributed by atoms with Crippen LogP contribution in [0.25, 0.3) is 22.3 Å². The Bertz CT molecular complexity index is 1160. The third-order valence-corrected chi connectivity index (χ3v) is 4.66. The number of benzene rings is 3. The normalized spacial score (nSPS) is 11.8. The molecular weight excluding hydrogens is 381 g/mol. The highest BCUT2D eigenvalue weighted by atomic mass is 19.1. The number of amides is 1. The van der Waals surface area contributed by atoms with Crippen LogP contribution in [0.4, 0.5) is 4.39 Å². The SMILES string of the molecule is CC(Oc1ccc(-c2cnc3ccccc3n2)cc1)C(=O)NCc1ccc(F)cc1. The maximum absolute atomic E-state index is 12.9. The van der Waals surface area contributed by atoms with Crippen molar-refractivity contribution in [2.24, 2.45) is 0 Å². The minimum absolute atomic E-state index is 0.246. The Balaban J connectivity index is 1.37. The molecule has 1 heterocycles. The molecule has 0 bridgehead atoms. The number of nitrogens with one attached hydrogen (secondary N) is 1. The third-order valence-electron chi connectivity index (χ3n) is 4.66. The molecular formula is C24H20FN3O2. The molecule has 1 N–H and O–H groups in total. The van der Waals surface area contributed by atoms with E-state index in [0.717, 1.165) is 27.9 Å². The van der Waals surface area contributed by atoms with E-state index >= 15 is 0 Å². The highest BCUT2D eigenvalue weighted by Crippen LogP contribution is 2.22. The Morgan fingerprint density at radius 2 is 1.70 bits per heavy atom. The highest BCUT2D eigenvalue weighted by molar-refractivity contribution is 5.80. The Morgan fingerprint density at radius 1 is 1.00 bits per heavy atom. The van der Waals surface area contributed by atoms with Gasteiger partial charge in [-0.25, -0.2) is 9.37 Å². The average molecular weight is 401 g/mol. The van der Waals surface area contributed by atoms with Crippen molar-refractivity contribution >= 4 is 16.9 Å². The number of aromatic nitrogens is 2. The first-order valence-electron chi connectivity index (χ1n) is 9.59. The van der Waals surface area contributed by atoms with E-state index in [1.807, 2.05) is 36.4 Å². The number of halogens is 1. The summed E-state index contributed by atoms with van der Waals surface area (Å²) in [5.74, 6) is 0.0284. The molecule has 30 heavy (non-hydrogen) atoms. The predicted octanol–water partition coefficient (Wildman–Crippen LogP) is 4.52. The molecule has 6 heteroatoms. The summed E-state index contributed by atoms with van der Waals surface area (Å²) in [6.45, 7) is 2.00. The molecule has 0 fully saturated rings. The summed E-state index contributed by atoms with van der Waals surface area (Å²) in [6, 6.07) is 21.1. The molecule has 3 aromatic carbocycles. The van der Waals surface area contributed by atoms with E-state index in [9.17, 15) is 9.18 Å². The Kier molecular flexibility index (Phi) is 5.66. The fourth-order valence-corrected chi connectivity index (χ4v) is 2.99. The van der Waals surface area contributed by atoms with Crippen molar-refractivity contribution in [3.05, 3.63) is 90.4 Å². The lowest BCUT2D eigenvalue weighted by Gasteiger charge is -2.15. The molecule has 0 aliphatic heterocycles. The predicted molar refractivity (Wildman–Crippen MR) is 113 cm³/mol. The van der Waals surface area contributed by atoms with Crippen molar-refractivity contribution in [1.29, 1.82) is 0 Å². The fourth-order valence-electron chi connectivity index (χ4n) is 2.99. The summed E-state index contributed by atoms with van der Waals surface area (Å²) in [5.41, 5.74) is 4.18.